The molecule has 0 N–H and O–H groups in total. The molecule has 0 aliphatic heterocycles. The average Bonchev–Trinajstić information content (AvgIpc) is 2.40. The molecule has 0 atom stereocenters. The number of carbonyl (C=O) groups excluding carboxylic acids is 1. The molecule has 0 amide bonds. The number of ketones is 1. The van der Waals surface area contributed by atoms with Crippen LogP contribution in [0.4, 0.5) is 0 Å². The van der Waals surface area contributed by atoms with Gasteiger partial charge in [-0.25, -0.2) is 4.98 Å². The number of alkyl halides is 1. The molecule has 0 spiro atoms. The van der Waals surface area contributed by atoms with Crippen molar-refractivity contribution in [3.05, 3.63) is 59.1 Å². The monoisotopic (exact) mass is 356 g/mol. The number of carbonyl (C=O) groups is 1. The van der Waals surface area contributed by atoms with Gasteiger partial charge in [-0.3, -0.25) is 9.78 Å². The zero-order chi connectivity index (χ0) is 12.5. The highest BCUT2D eigenvalue weighted by molar-refractivity contribution is 9.10. The van der Waals surface area contributed by atoms with Crippen molar-refractivity contribution in [2.24, 2.45) is 0 Å². The van der Waals surface area contributed by atoms with Crippen LogP contribution in [0.25, 0.3) is 0 Å². The first-order valence-corrected chi connectivity index (χ1v) is 6.72. The molecular formula is C12H10Br2N2O. The fourth-order valence-corrected chi connectivity index (χ4v) is 1.58. The molecule has 5 heteroatoms. The molecule has 3 nitrogen and oxygen atoms in total. The number of pyridine rings is 2. The van der Waals surface area contributed by atoms with Gasteiger partial charge in [-0.1, -0.05) is 28.1 Å². The minimum atomic E-state index is -0.00806. The van der Waals surface area contributed by atoms with Crippen LogP contribution in [0, 0.1) is 0 Å². The summed E-state index contributed by atoms with van der Waals surface area (Å²) in [5.41, 5.74) is 0.483. The molecule has 0 saturated heterocycles. The van der Waals surface area contributed by atoms with Crippen molar-refractivity contribution in [1.29, 1.82) is 0 Å². The summed E-state index contributed by atoms with van der Waals surface area (Å²) >= 11 is 6.25. The van der Waals surface area contributed by atoms with Crippen LogP contribution in [-0.2, 0) is 0 Å². The van der Waals surface area contributed by atoms with E-state index in [1.807, 2.05) is 18.2 Å². The van der Waals surface area contributed by atoms with E-state index < -0.39 is 0 Å². The van der Waals surface area contributed by atoms with E-state index in [4.69, 9.17) is 0 Å². The molecular weight excluding hydrogens is 348 g/mol. The van der Waals surface area contributed by atoms with Crippen molar-refractivity contribution in [2.75, 3.05) is 5.33 Å². The fraction of sp³-hybridized carbons (Fsp3) is 0.0833. The van der Waals surface area contributed by atoms with Crippen molar-refractivity contribution in [2.45, 2.75) is 0 Å². The zero-order valence-corrected chi connectivity index (χ0v) is 12.1. The van der Waals surface area contributed by atoms with Crippen molar-refractivity contribution >= 4 is 37.6 Å². The van der Waals surface area contributed by atoms with Gasteiger partial charge in [0.1, 0.15) is 10.3 Å². The quantitative estimate of drug-likeness (QED) is 0.469. The predicted molar refractivity (Wildman–Crippen MR) is 74.3 cm³/mol. The number of hydrogen-bond donors (Lipinski definition) is 0. The van der Waals surface area contributed by atoms with Crippen LogP contribution < -0.4 is 0 Å². The van der Waals surface area contributed by atoms with Crippen LogP contribution in [0.15, 0.2) is 53.4 Å². The molecule has 0 aliphatic rings. The number of halogens is 2. The SMILES string of the molecule is O=C(CBr)c1cccc(Br)n1.c1ccncc1. The van der Waals surface area contributed by atoms with Crippen LogP contribution in [0.3, 0.4) is 0 Å². The molecule has 0 fully saturated rings. The van der Waals surface area contributed by atoms with Crippen LogP contribution >= 0.6 is 31.9 Å². The third-order valence-electron chi connectivity index (χ3n) is 1.69. The smallest absolute Gasteiger partial charge is 0.191 e. The lowest BCUT2D eigenvalue weighted by molar-refractivity contribution is 0.101. The lowest BCUT2D eigenvalue weighted by Crippen LogP contribution is -2.02. The molecule has 0 saturated carbocycles. The summed E-state index contributed by atoms with van der Waals surface area (Å²) in [4.78, 5) is 18.8. The molecule has 0 aliphatic carbocycles. The second-order valence-electron chi connectivity index (χ2n) is 2.93. The highest BCUT2D eigenvalue weighted by Gasteiger charge is 2.04. The Bertz CT molecular complexity index is 436. The largest absolute Gasteiger partial charge is 0.291 e. The topological polar surface area (TPSA) is 42.9 Å². The van der Waals surface area contributed by atoms with Gasteiger partial charge in [0.05, 0.1) is 5.33 Å². The van der Waals surface area contributed by atoms with Gasteiger partial charge in [-0.2, -0.15) is 0 Å². The molecule has 0 radical (unpaired) electrons. The predicted octanol–water partition coefficient (Wildman–Crippen LogP) is 3.50. The molecule has 17 heavy (non-hydrogen) atoms. The lowest BCUT2D eigenvalue weighted by atomic mass is 10.3. The second-order valence-corrected chi connectivity index (χ2v) is 4.30. The third kappa shape index (κ3) is 5.70. The van der Waals surface area contributed by atoms with Crippen LogP contribution in [0.1, 0.15) is 10.5 Å². The van der Waals surface area contributed by atoms with Crippen LogP contribution in [0.2, 0.25) is 0 Å². The maximum absolute atomic E-state index is 11.0. The normalized spacial score (nSPS) is 9.06. The summed E-state index contributed by atoms with van der Waals surface area (Å²) in [6.45, 7) is 0. The number of nitrogens with zero attached hydrogens (tertiary/aromatic N) is 2. The highest BCUT2D eigenvalue weighted by atomic mass is 79.9. The van der Waals surface area contributed by atoms with Gasteiger partial charge >= 0.3 is 0 Å². The summed E-state index contributed by atoms with van der Waals surface area (Å²) in [5.74, 6) is -0.00806. The van der Waals surface area contributed by atoms with Crippen LogP contribution in [0.5, 0.6) is 0 Å². The average molecular weight is 358 g/mol. The van der Waals surface area contributed by atoms with E-state index in [1.54, 1.807) is 30.6 Å². The Morgan fingerprint density at radius 2 is 1.82 bits per heavy atom. The summed E-state index contributed by atoms with van der Waals surface area (Å²) in [7, 11) is 0. The molecule has 88 valence electrons. The Morgan fingerprint density at radius 3 is 2.24 bits per heavy atom. The molecule has 2 heterocycles. The van der Waals surface area contributed by atoms with Gasteiger partial charge in [-0.15, -0.1) is 0 Å². The maximum atomic E-state index is 11.0. The maximum Gasteiger partial charge on any atom is 0.191 e. The van der Waals surface area contributed by atoms with Gasteiger partial charge in [0.25, 0.3) is 0 Å². The van der Waals surface area contributed by atoms with E-state index in [9.17, 15) is 4.79 Å². The van der Waals surface area contributed by atoms with Crippen molar-refractivity contribution in [3.63, 3.8) is 0 Å². The summed E-state index contributed by atoms with van der Waals surface area (Å²) in [6, 6.07) is 11.0. The lowest BCUT2D eigenvalue weighted by Gasteiger charge is -1.94. The molecule has 0 bridgehead atoms. The minimum absolute atomic E-state index is 0.00806. The first-order valence-electron chi connectivity index (χ1n) is 4.80. The Balaban J connectivity index is 0.000000202. The molecule has 2 aromatic heterocycles. The fourth-order valence-electron chi connectivity index (χ4n) is 0.945. The highest BCUT2D eigenvalue weighted by Crippen LogP contribution is 2.07. The minimum Gasteiger partial charge on any atom is -0.291 e. The number of aromatic nitrogens is 2. The van der Waals surface area contributed by atoms with E-state index in [-0.39, 0.29) is 5.78 Å². The zero-order valence-electron chi connectivity index (χ0n) is 8.88. The molecule has 0 aromatic carbocycles. The van der Waals surface area contributed by atoms with Gasteiger partial charge in [0.2, 0.25) is 0 Å². The second kappa shape index (κ2) is 8.08. The van der Waals surface area contributed by atoms with Crippen molar-refractivity contribution < 1.29 is 4.79 Å². The van der Waals surface area contributed by atoms with E-state index in [0.29, 0.717) is 15.6 Å². The Kier molecular flexibility index (Phi) is 6.65. The number of rotatable bonds is 2. The van der Waals surface area contributed by atoms with Crippen molar-refractivity contribution in [3.8, 4) is 0 Å². The van der Waals surface area contributed by atoms with E-state index in [1.165, 1.54) is 0 Å². The summed E-state index contributed by atoms with van der Waals surface area (Å²) in [5, 5.41) is 0.316. The Hall–Kier alpha value is -1.07. The van der Waals surface area contributed by atoms with Crippen LogP contribution in [-0.4, -0.2) is 21.1 Å². The molecule has 2 aromatic rings. The van der Waals surface area contributed by atoms with E-state index in [2.05, 4.69) is 41.8 Å². The van der Waals surface area contributed by atoms with Gasteiger partial charge in [0.15, 0.2) is 5.78 Å². The standard InChI is InChI=1S/C7H5Br2NO.C5H5N/c8-4-6(11)5-2-1-3-7(9)10-5;1-2-4-6-5-3-1/h1-3H,4H2;1-5H. The Labute approximate surface area is 117 Å². The van der Waals surface area contributed by atoms with Gasteiger partial charge in [-0.05, 0) is 40.2 Å². The molecule has 2 rings (SSSR count). The van der Waals surface area contributed by atoms with E-state index >= 15 is 0 Å². The van der Waals surface area contributed by atoms with Gasteiger partial charge < -0.3 is 0 Å². The summed E-state index contributed by atoms with van der Waals surface area (Å²) in [6.07, 6.45) is 3.50. The first kappa shape index (κ1) is 14.0. The van der Waals surface area contributed by atoms with Gasteiger partial charge in [0, 0.05) is 12.4 Å². The Morgan fingerprint density at radius 1 is 1.12 bits per heavy atom. The van der Waals surface area contributed by atoms with Crippen molar-refractivity contribution in [1.82, 2.24) is 9.97 Å². The third-order valence-corrected chi connectivity index (χ3v) is 2.64. The molecule has 0 unspecified atom stereocenters. The van der Waals surface area contributed by atoms with E-state index in [0.717, 1.165) is 0 Å². The first-order chi connectivity index (χ1) is 8.24. The number of Topliss-reactive ketones (excluding diaryl/α,β-unsaturated/α-hetero) is 1. The summed E-state index contributed by atoms with van der Waals surface area (Å²) < 4.78 is 0.685. The number of hydrogen-bond acceptors (Lipinski definition) is 3.